The summed E-state index contributed by atoms with van der Waals surface area (Å²) >= 11 is 33.7. The van der Waals surface area contributed by atoms with Crippen LogP contribution in [0.1, 0.15) is 22.3 Å². The maximum absolute atomic E-state index is 10.9. The lowest BCUT2D eigenvalue weighted by molar-refractivity contribution is -0.139. The number of aliphatic carboxylic acids is 4. The van der Waals surface area contributed by atoms with Crippen LogP contribution >= 0.6 is 361 Å². The van der Waals surface area contributed by atoms with Crippen molar-refractivity contribution in [3.8, 4) is 69.0 Å². The number of halogens is 16. The average molecular weight is 3110 g/mol. The van der Waals surface area contributed by atoms with Gasteiger partial charge in [0, 0.05) is 0 Å². The molecular formula is C60H44I16N4O16. The van der Waals surface area contributed by atoms with Crippen molar-refractivity contribution in [3.63, 3.8) is 0 Å². The molecule has 8 aromatic carbocycles. The average Bonchev–Trinajstić information content (AvgIpc) is 0.862. The zero-order valence-electron chi connectivity index (χ0n) is 47.6. The van der Waals surface area contributed by atoms with Crippen LogP contribution in [-0.2, 0) is 44.9 Å². The highest BCUT2D eigenvalue weighted by atomic mass is 127. The zero-order chi connectivity index (χ0) is 72.1. The number of phenolic OH excluding ortho intramolecular Hbond substituents is 4. The third kappa shape index (κ3) is 27.1. The van der Waals surface area contributed by atoms with Crippen LogP contribution in [0, 0.1) is 57.1 Å². The molecule has 0 unspecified atom stereocenters. The summed E-state index contributed by atoms with van der Waals surface area (Å²) in [5.41, 5.74) is 25.8. The van der Waals surface area contributed by atoms with Crippen molar-refractivity contribution in [1.82, 2.24) is 0 Å². The van der Waals surface area contributed by atoms with E-state index in [9.17, 15) is 39.6 Å². The van der Waals surface area contributed by atoms with E-state index in [1.54, 1.807) is 48.5 Å². The van der Waals surface area contributed by atoms with Gasteiger partial charge in [-0.05, 0) is 506 Å². The quantitative estimate of drug-likeness (QED) is 0.0315. The van der Waals surface area contributed by atoms with Gasteiger partial charge < -0.3 is 82.7 Å². The molecule has 0 aliphatic heterocycles. The molecule has 0 aromatic heterocycles. The van der Waals surface area contributed by atoms with Crippen LogP contribution in [0.2, 0.25) is 0 Å². The van der Waals surface area contributed by atoms with Crippen LogP contribution in [-0.4, -0.2) is 88.9 Å². The Morgan fingerprint density at radius 3 is 0.500 bits per heavy atom. The van der Waals surface area contributed by atoms with Crippen LogP contribution in [0.25, 0.3) is 0 Å². The predicted molar refractivity (Wildman–Crippen MR) is 499 cm³/mol. The van der Waals surface area contributed by atoms with Crippen LogP contribution in [0.4, 0.5) is 0 Å². The lowest BCUT2D eigenvalue weighted by Crippen LogP contribution is -2.32. The number of hydrogen-bond acceptors (Lipinski definition) is 16. The number of ether oxygens (including phenoxy) is 4. The number of phenols is 4. The second-order valence-corrected chi connectivity index (χ2v) is 38.1. The molecule has 0 aliphatic rings. The van der Waals surface area contributed by atoms with E-state index in [0.717, 1.165) is 50.8 Å². The first kappa shape index (κ1) is 88.2. The minimum atomic E-state index is -1.02. The summed E-state index contributed by atoms with van der Waals surface area (Å²) in [6.07, 6.45) is 1.04. The maximum Gasteiger partial charge on any atom is 0.320 e. The van der Waals surface area contributed by atoms with E-state index in [2.05, 4.69) is 361 Å². The summed E-state index contributed by atoms with van der Waals surface area (Å²) in [4.78, 5) is 43.6. The molecule has 0 spiro atoms. The van der Waals surface area contributed by atoms with Crippen molar-refractivity contribution < 1.29 is 79.0 Å². The van der Waals surface area contributed by atoms with Gasteiger partial charge in [0.15, 0.2) is 23.0 Å². The summed E-state index contributed by atoms with van der Waals surface area (Å²) < 4.78 is 36.5. The van der Waals surface area contributed by atoms with E-state index in [-0.39, 0.29) is 48.7 Å². The fraction of sp³-hybridized carbons (Fsp3) is 0.133. The number of rotatable bonds is 20. The lowest BCUT2D eigenvalue weighted by Gasteiger charge is -2.14. The minimum absolute atomic E-state index is 0.242. The van der Waals surface area contributed by atoms with Gasteiger partial charge in [-0.2, -0.15) is 0 Å². The number of benzene rings is 8. The van der Waals surface area contributed by atoms with Crippen molar-refractivity contribution in [2.45, 2.75) is 49.9 Å². The van der Waals surface area contributed by atoms with E-state index in [1.165, 1.54) is 0 Å². The number of aromatic hydroxyl groups is 4. The molecule has 0 radical (unpaired) electrons. The van der Waals surface area contributed by atoms with Gasteiger partial charge in [0.2, 0.25) is 0 Å². The second-order valence-electron chi connectivity index (χ2n) is 19.5. The Morgan fingerprint density at radius 2 is 0.385 bits per heavy atom. The first-order valence-electron chi connectivity index (χ1n) is 26.0. The van der Waals surface area contributed by atoms with E-state index in [1.807, 2.05) is 48.5 Å². The first-order valence-corrected chi connectivity index (χ1v) is 43.3. The Balaban J connectivity index is 0.000000231. The van der Waals surface area contributed by atoms with Gasteiger partial charge in [-0.3, -0.25) is 19.2 Å². The summed E-state index contributed by atoms with van der Waals surface area (Å²) in [7, 11) is 0. The molecule has 0 fully saturated rings. The summed E-state index contributed by atoms with van der Waals surface area (Å²) in [6.45, 7) is 0. The molecular weight excluding hydrogens is 3060 g/mol. The van der Waals surface area contributed by atoms with E-state index >= 15 is 0 Å². The standard InChI is InChI=1S/4C15H11I4NO4/c4*16-8-4-7(5-9(17)13(8)21)24-14-10(18)1-6(2-11(14)19)3-12(20)15(22)23/h4*1-2,4-5,12,21H,3,20H2,(H,22,23)/t4*12-/m0000/s1. The topological polar surface area (TPSA) is 371 Å². The van der Waals surface area contributed by atoms with Crippen molar-refractivity contribution in [3.05, 3.63) is 176 Å². The highest BCUT2D eigenvalue weighted by Gasteiger charge is 2.22. The van der Waals surface area contributed by atoms with Crippen molar-refractivity contribution in [2.24, 2.45) is 22.9 Å². The van der Waals surface area contributed by atoms with Gasteiger partial charge in [-0.1, -0.05) is 0 Å². The Bertz CT molecular complexity index is 3540. The van der Waals surface area contributed by atoms with E-state index < -0.39 is 48.0 Å². The molecule has 8 rings (SSSR count). The zero-order valence-corrected chi connectivity index (χ0v) is 82.1. The van der Waals surface area contributed by atoms with Crippen LogP contribution in [0.3, 0.4) is 0 Å². The maximum atomic E-state index is 10.9. The molecule has 20 nitrogen and oxygen atoms in total. The molecule has 16 N–H and O–H groups in total. The summed E-state index contributed by atoms with van der Waals surface area (Å²) in [5, 5.41) is 75.1. The first-order chi connectivity index (χ1) is 44.7. The molecule has 512 valence electrons. The SMILES string of the molecule is N[C@@H](Cc1cc(I)c(Oc2cc(I)c(O)c(I)c2)c(I)c1)C(=O)O.N[C@@H](Cc1cc(I)c(Oc2cc(I)c(O)c(I)c2)c(I)c1)C(=O)O.N[C@@H](Cc1cc(I)c(Oc2cc(I)c(O)c(I)c2)c(I)c1)C(=O)O.N[C@@H](Cc1cc(I)c(Oc2cc(I)c(O)c(I)c2)c(I)c1)C(=O)O. The van der Waals surface area contributed by atoms with Crippen molar-refractivity contribution in [1.29, 1.82) is 0 Å². The molecule has 36 heteroatoms. The summed E-state index contributed by atoms with van der Waals surface area (Å²) in [6, 6.07) is 25.4. The van der Waals surface area contributed by atoms with Crippen LogP contribution < -0.4 is 41.9 Å². The van der Waals surface area contributed by atoms with E-state index in [4.69, 9.17) is 62.3 Å². The van der Waals surface area contributed by atoms with Gasteiger partial charge in [0.05, 0.1) is 57.1 Å². The van der Waals surface area contributed by atoms with Crippen LogP contribution in [0.5, 0.6) is 69.0 Å². The normalized spacial score (nSPS) is 12.0. The largest absolute Gasteiger partial charge is 0.506 e. The Morgan fingerprint density at radius 1 is 0.260 bits per heavy atom. The molecule has 0 bridgehead atoms. The fourth-order valence-corrected chi connectivity index (χ4v) is 22.9. The van der Waals surface area contributed by atoms with Gasteiger partial charge in [-0.15, -0.1) is 0 Å². The highest BCUT2D eigenvalue weighted by molar-refractivity contribution is 14.1. The number of carboxylic acids is 4. The smallest absolute Gasteiger partial charge is 0.320 e. The highest BCUT2D eigenvalue weighted by Crippen LogP contribution is 2.42. The Hall–Kier alpha value is 1.56. The molecule has 0 saturated carbocycles. The molecule has 0 saturated heterocycles. The van der Waals surface area contributed by atoms with Gasteiger partial charge in [-0.25, -0.2) is 0 Å². The third-order valence-electron chi connectivity index (χ3n) is 12.2. The lowest BCUT2D eigenvalue weighted by atomic mass is 10.1. The van der Waals surface area contributed by atoms with Gasteiger partial charge in [0.1, 0.15) is 70.2 Å². The fourth-order valence-electron chi connectivity index (χ4n) is 7.55. The van der Waals surface area contributed by atoms with Gasteiger partial charge >= 0.3 is 23.9 Å². The molecule has 0 aliphatic carbocycles. The van der Waals surface area contributed by atoms with Crippen LogP contribution in [0.15, 0.2) is 97.1 Å². The number of hydrogen-bond donors (Lipinski definition) is 12. The predicted octanol–water partition coefficient (Wildman–Crippen LogP) is 18.2. The Kier molecular flexibility index (Phi) is 38.2. The van der Waals surface area contributed by atoms with Crippen molar-refractivity contribution >= 4 is 385 Å². The minimum Gasteiger partial charge on any atom is -0.506 e. The number of carbonyl (C=O) groups is 4. The molecule has 0 heterocycles. The van der Waals surface area contributed by atoms with E-state index in [0.29, 0.717) is 74.6 Å². The summed E-state index contributed by atoms with van der Waals surface area (Å²) in [5.74, 6) is 2.20. The Labute approximate surface area is 767 Å². The molecule has 96 heavy (non-hydrogen) atoms. The number of nitrogens with two attached hydrogens (primary N) is 4. The molecule has 4 atom stereocenters. The second kappa shape index (κ2) is 41.6. The van der Waals surface area contributed by atoms with Crippen molar-refractivity contribution in [2.75, 3.05) is 0 Å². The molecule has 0 amide bonds. The number of carboxylic acid groups (broad SMARTS) is 4. The monoisotopic (exact) mass is 3110 g/mol. The third-order valence-corrected chi connectivity index (χ3v) is 25.2. The van der Waals surface area contributed by atoms with Gasteiger partial charge in [0.25, 0.3) is 0 Å². The molecule has 8 aromatic rings.